The topological polar surface area (TPSA) is 51.6 Å². The smallest absolute Gasteiger partial charge is 0.176 e. The van der Waals surface area contributed by atoms with Crippen molar-refractivity contribution >= 4 is 0 Å². The van der Waals surface area contributed by atoms with E-state index < -0.39 is 5.60 Å². The van der Waals surface area contributed by atoms with E-state index in [9.17, 15) is 5.11 Å². The van der Waals surface area contributed by atoms with Gasteiger partial charge >= 0.3 is 0 Å². The number of nitrogens with zero attached hydrogens (tertiary/aromatic N) is 1. The third-order valence-electron chi connectivity index (χ3n) is 6.48. The van der Waals surface area contributed by atoms with E-state index in [0.29, 0.717) is 11.4 Å². The van der Waals surface area contributed by atoms with E-state index in [-0.39, 0.29) is 18.5 Å². The van der Waals surface area contributed by atoms with Gasteiger partial charge in [-0.3, -0.25) is 4.98 Å². The van der Waals surface area contributed by atoms with Crippen LogP contribution in [0.15, 0.2) is 103 Å². The molecule has 1 saturated carbocycles. The molecule has 1 aliphatic carbocycles. The molecule has 1 N–H and O–H groups in total. The van der Waals surface area contributed by atoms with E-state index in [4.69, 9.17) is 9.47 Å². The zero-order valence-corrected chi connectivity index (χ0v) is 19.1. The van der Waals surface area contributed by atoms with Crippen LogP contribution in [0.25, 0.3) is 0 Å². The minimum Gasteiger partial charge on any atom is -0.503 e. The van der Waals surface area contributed by atoms with Crippen LogP contribution in [0.1, 0.15) is 48.1 Å². The zero-order chi connectivity index (χ0) is 23.2. The van der Waals surface area contributed by atoms with Gasteiger partial charge in [0.15, 0.2) is 11.5 Å². The van der Waals surface area contributed by atoms with Gasteiger partial charge in [-0.25, -0.2) is 0 Å². The second kappa shape index (κ2) is 10.1. The molecule has 0 spiro atoms. The van der Waals surface area contributed by atoms with Crippen LogP contribution >= 0.6 is 0 Å². The van der Waals surface area contributed by atoms with Crippen molar-refractivity contribution < 1.29 is 14.6 Å². The van der Waals surface area contributed by atoms with Crippen molar-refractivity contribution in [2.75, 3.05) is 0 Å². The molecule has 1 heterocycles. The molecule has 0 radical (unpaired) electrons. The van der Waals surface area contributed by atoms with Crippen molar-refractivity contribution in [1.82, 2.24) is 4.98 Å². The fourth-order valence-electron chi connectivity index (χ4n) is 4.78. The Morgan fingerprint density at radius 1 is 0.765 bits per heavy atom. The Balaban J connectivity index is 1.53. The molecule has 4 nitrogen and oxygen atoms in total. The van der Waals surface area contributed by atoms with E-state index in [0.717, 1.165) is 29.5 Å². The molecule has 1 aromatic heterocycles. The minimum atomic E-state index is -0.824. The molecule has 0 atom stereocenters. The van der Waals surface area contributed by atoms with Gasteiger partial charge in [-0.05, 0) is 42.4 Å². The molecule has 1 aliphatic rings. The van der Waals surface area contributed by atoms with Crippen LogP contribution in [-0.4, -0.2) is 16.2 Å². The number of pyridine rings is 1. The third kappa shape index (κ3) is 4.55. The lowest BCUT2D eigenvalue weighted by Crippen LogP contribution is -2.32. The van der Waals surface area contributed by atoms with Gasteiger partial charge in [0.2, 0.25) is 0 Å². The van der Waals surface area contributed by atoms with Crippen molar-refractivity contribution in [3.63, 3.8) is 0 Å². The van der Waals surface area contributed by atoms with E-state index in [1.165, 1.54) is 19.0 Å². The second-order valence-corrected chi connectivity index (χ2v) is 8.74. The van der Waals surface area contributed by atoms with E-state index >= 15 is 0 Å². The van der Waals surface area contributed by atoms with E-state index in [2.05, 4.69) is 41.4 Å². The van der Waals surface area contributed by atoms with Crippen molar-refractivity contribution in [1.29, 1.82) is 0 Å². The highest BCUT2D eigenvalue weighted by Crippen LogP contribution is 2.41. The van der Waals surface area contributed by atoms with Gasteiger partial charge in [0.25, 0.3) is 0 Å². The number of hydrogen-bond donors (Lipinski definition) is 1. The Morgan fingerprint density at radius 3 is 1.76 bits per heavy atom. The fraction of sp³-hybridized carbons (Fsp3) is 0.233. The van der Waals surface area contributed by atoms with Gasteiger partial charge in [0, 0.05) is 6.07 Å². The Morgan fingerprint density at radius 2 is 1.26 bits per heavy atom. The van der Waals surface area contributed by atoms with Crippen molar-refractivity contribution in [3.8, 4) is 11.5 Å². The van der Waals surface area contributed by atoms with Crippen LogP contribution in [-0.2, 0) is 16.9 Å². The quantitative estimate of drug-likeness (QED) is 0.306. The summed E-state index contributed by atoms with van der Waals surface area (Å²) in [5, 5.41) is 10.3. The summed E-state index contributed by atoms with van der Waals surface area (Å²) in [5.74, 6) is 0.543. The van der Waals surface area contributed by atoms with Gasteiger partial charge in [-0.1, -0.05) is 91.0 Å². The highest BCUT2D eigenvalue weighted by molar-refractivity contribution is 5.47. The molecule has 4 aromatic rings. The number of ether oxygens (including phenoxy) is 2. The first-order valence-corrected chi connectivity index (χ1v) is 11.9. The summed E-state index contributed by atoms with van der Waals surface area (Å²) in [4.78, 5) is 4.44. The molecule has 0 bridgehead atoms. The van der Waals surface area contributed by atoms with Crippen LogP contribution < -0.4 is 4.74 Å². The first-order valence-electron chi connectivity index (χ1n) is 11.9. The molecule has 0 aliphatic heterocycles. The van der Waals surface area contributed by atoms with Gasteiger partial charge < -0.3 is 14.6 Å². The first kappa shape index (κ1) is 22.2. The SMILES string of the molecule is Oc1cnc(COC(c2ccccc2)(c2ccccc2)c2ccccc2)cc1OC1CCCC1. The molecule has 4 heteroatoms. The number of hydrogen-bond acceptors (Lipinski definition) is 4. The predicted molar refractivity (Wildman–Crippen MR) is 133 cm³/mol. The van der Waals surface area contributed by atoms with Gasteiger partial charge in [-0.2, -0.15) is 0 Å². The highest BCUT2D eigenvalue weighted by atomic mass is 16.5. The monoisotopic (exact) mass is 451 g/mol. The Labute approximate surface area is 200 Å². The van der Waals surface area contributed by atoms with Gasteiger partial charge in [0.1, 0.15) is 5.60 Å². The summed E-state index contributed by atoms with van der Waals surface area (Å²) in [6, 6.07) is 32.6. The minimum absolute atomic E-state index is 0.0658. The maximum absolute atomic E-state index is 10.3. The maximum Gasteiger partial charge on any atom is 0.176 e. The molecule has 0 amide bonds. The summed E-state index contributed by atoms with van der Waals surface area (Å²) in [6.07, 6.45) is 5.98. The van der Waals surface area contributed by atoms with E-state index in [1.807, 2.05) is 54.6 Å². The van der Waals surface area contributed by atoms with Crippen molar-refractivity contribution in [2.24, 2.45) is 0 Å². The molecule has 34 heavy (non-hydrogen) atoms. The standard InChI is InChI=1S/C30H29NO3/c32-28-21-31-26(20-29(28)34-27-18-10-11-19-27)22-33-30(23-12-4-1-5-13-23,24-14-6-2-7-15-24)25-16-8-3-9-17-25/h1-9,12-17,20-21,27,32H,10-11,18-19,22H2. The molecular formula is C30H29NO3. The summed E-state index contributed by atoms with van der Waals surface area (Å²) in [6.45, 7) is 0.250. The molecule has 5 rings (SSSR count). The van der Waals surface area contributed by atoms with Crippen LogP contribution in [0.2, 0.25) is 0 Å². The Hall–Kier alpha value is -3.63. The Kier molecular flexibility index (Phi) is 6.59. The second-order valence-electron chi connectivity index (χ2n) is 8.74. The molecule has 0 unspecified atom stereocenters. The average molecular weight is 452 g/mol. The van der Waals surface area contributed by atoms with Gasteiger partial charge in [0.05, 0.1) is 24.6 Å². The zero-order valence-electron chi connectivity index (χ0n) is 19.1. The van der Waals surface area contributed by atoms with Crippen molar-refractivity contribution in [2.45, 2.75) is 44.0 Å². The lowest BCUT2D eigenvalue weighted by Gasteiger charge is -2.36. The molecular weight excluding hydrogens is 422 g/mol. The lowest BCUT2D eigenvalue weighted by molar-refractivity contribution is -0.00157. The molecule has 3 aromatic carbocycles. The Bertz CT molecular complexity index is 1090. The molecule has 0 saturated heterocycles. The maximum atomic E-state index is 10.3. The fourth-order valence-corrected chi connectivity index (χ4v) is 4.78. The molecule has 1 fully saturated rings. The number of aromatic hydroxyl groups is 1. The summed E-state index contributed by atoms with van der Waals surface area (Å²) >= 11 is 0. The largest absolute Gasteiger partial charge is 0.503 e. The van der Waals surface area contributed by atoms with Gasteiger partial charge in [-0.15, -0.1) is 0 Å². The highest BCUT2D eigenvalue weighted by Gasteiger charge is 2.37. The van der Waals surface area contributed by atoms with Crippen LogP contribution in [0.5, 0.6) is 11.5 Å². The van der Waals surface area contributed by atoms with Crippen LogP contribution in [0, 0.1) is 0 Å². The number of aromatic nitrogens is 1. The summed E-state index contributed by atoms with van der Waals surface area (Å²) in [7, 11) is 0. The molecule has 172 valence electrons. The number of rotatable bonds is 8. The van der Waals surface area contributed by atoms with Crippen molar-refractivity contribution in [3.05, 3.63) is 126 Å². The number of benzene rings is 3. The predicted octanol–water partition coefficient (Wildman–Crippen LogP) is 6.62. The first-order chi connectivity index (χ1) is 16.8. The lowest BCUT2D eigenvalue weighted by atomic mass is 9.80. The summed E-state index contributed by atoms with van der Waals surface area (Å²) < 4.78 is 12.9. The van der Waals surface area contributed by atoms with Crippen LogP contribution in [0.3, 0.4) is 0 Å². The van der Waals surface area contributed by atoms with E-state index in [1.54, 1.807) is 6.07 Å². The summed E-state index contributed by atoms with van der Waals surface area (Å²) in [5.41, 5.74) is 2.99. The third-order valence-corrected chi connectivity index (χ3v) is 6.48. The normalized spacial score (nSPS) is 14.2. The van der Waals surface area contributed by atoms with Crippen LogP contribution in [0.4, 0.5) is 0 Å². The average Bonchev–Trinajstić information content (AvgIpc) is 3.41.